The van der Waals surface area contributed by atoms with Gasteiger partial charge in [0, 0.05) is 26.2 Å². The summed E-state index contributed by atoms with van der Waals surface area (Å²) < 4.78 is 27.0. The minimum absolute atomic E-state index is 0.526. The van der Waals surface area contributed by atoms with Gasteiger partial charge in [-0.2, -0.15) is 12.7 Å². The minimum Gasteiger partial charge on any atom is -0.368 e. The maximum Gasteiger partial charge on any atom is 0.301 e. The van der Waals surface area contributed by atoms with Crippen LogP contribution in [0.5, 0.6) is 0 Å². The molecule has 0 atom stereocenters. The summed E-state index contributed by atoms with van der Waals surface area (Å²) in [6.07, 6.45) is 0. The van der Waals surface area contributed by atoms with Crippen LogP contribution in [0.1, 0.15) is 5.56 Å². The number of benzene rings is 1. The number of nitrogens with zero attached hydrogens (tertiary/aromatic N) is 2. The van der Waals surface area contributed by atoms with Gasteiger partial charge in [0.05, 0.1) is 12.2 Å². The van der Waals surface area contributed by atoms with Crippen molar-refractivity contribution in [1.82, 2.24) is 9.62 Å². The first-order valence-electron chi connectivity index (χ1n) is 5.58. The van der Waals surface area contributed by atoms with Crippen LogP contribution >= 0.6 is 0 Å². The average molecular weight is 268 g/mol. The number of hydrogen-bond donors (Lipinski definition) is 2. The van der Waals surface area contributed by atoms with Gasteiger partial charge < -0.3 is 5.32 Å². The highest BCUT2D eigenvalue weighted by molar-refractivity contribution is 7.90. The molecule has 98 valence electrons. The van der Waals surface area contributed by atoms with Crippen LogP contribution < -0.4 is 10.0 Å². The normalized spacial score (nSPS) is 15.4. The molecule has 6 nitrogen and oxygen atoms in total. The van der Waals surface area contributed by atoms with Crippen LogP contribution in [0.3, 0.4) is 0 Å². The second-order valence-corrected chi connectivity index (χ2v) is 6.01. The Morgan fingerprint density at radius 2 is 2.17 bits per heavy atom. The van der Waals surface area contributed by atoms with Crippen molar-refractivity contribution in [2.45, 2.75) is 0 Å². The highest BCUT2D eigenvalue weighted by Crippen LogP contribution is 2.14. The molecule has 0 amide bonds. The lowest BCUT2D eigenvalue weighted by Crippen LogP contribution is -2.29. The molecule has 0 aliphatic carbocycles. The molecule has 1 heterocycles. The molecular formula is C11H16N4O2S. The van der Waals surface area contributed by atoms with Crippen molar-refractivity contribution >= 4 is 21.7 Å². The molecule has 0 unspecified atom stereocenters. The van der Waals surface area contributed by atoms with E-state index < -0.39 is 10.2 Å². The second kappa shape index (κ2) is 4.95. The Kier molecular flexibility index (Phi) is 3.53. The van der Waals surface area contributed by atoms with Crippen LogP contribution in [-0.4, -0.2) is 45.7 Å². The summed E-state index contributed by atoms with van der Waals surface area (Å²) in [6.45, 7) is 1.58. The molecule has 0 aromatic heterocycles. The minimum atomic E-state index is -3.47. The van der Waals surface area contributed by atoms with E-state index in [4.69, 9.17) is 0 Å². The Labute approximate surface area is 107 Å². The molecule has 0 fully saturated rings. The molecule has 2 N–H and O–H groups in total. The molecule has 0 bridgehead atoms. The smallest absolute Gasteiger partial charge is 0.301 e. The van der Waals surface area contributed by atoms with Gasteiger partial charge in [0.2, 0.25) is 0 Å². The van der Waals surface area contributed by atoms with E-state index in [0.29, 0.717) is 5.69 Å². The van der Waals surface area contributed by atoms with Gasteiger partial charge in [0.1, 0.15) is 5.84 Å². The first kappa shape index (κ1) is 12.8. The standard InChI is InChI=1S/C11H16N4O2S/c1-15(2)18(16,17)14-10-5-3-4-9(8-10)11-12-6-7-13-11/h3-5,8,14H,6-7H2,1-2H3,(H,12,13). The van der Waals surface area contributed by atoms with E-state index in [2.05, 4.69) is 15.0 Å². The summed E-state index contributed by atoms with van der Waals surface area (Å²) in [7, 11) is -0.507. The lowest BCUT2D eigenvalue weighted by atomic mass is 10.2. The van der Waals surface area contributed by atoms with Crippen molar-refractivity contribution in [3.05, 3.63) is 29.8 Å². The Morgan fingerprint density at radius 3 is 2.78 bits per heavy atom. The van der Waals surface area contributed by atoms with E-state index in [1.165, 1.54) is 14.1 Å². The van der Waals surface area contributed by atoms with Crippen molar-refractivity contribution in [2.24, 2.45) is 4.99 Å². The summed E-state index contributed by atoms with van der Waals surface area (Å²) >= 11 is 0. The summed E-state index contributed by atoms with van der Waals surface area (Å²) in [4.78, 5) is 4.30. The third-order valence-electron chi connectivity index (χ3n) is 2.54. The summed E-state index contributed by atoms with van der Waals surface area (Å²) in [5.74, 6) is 0.806. The Morgan fingerprint density at radius 1 is 1.39 bits per heavy atom. The predicted molar refractivity (Wildman–Crippen MR) is 72.1 cm³/mol. The molecular weight excluding hydrogens is 252 g/mol. The fourth-order valence-electron chi connectivity index (χ4n) is 1.56. The highest BCUT2D eigenvalue weighted by Gasteiger charge is 2.14. The van der Waals surface area contributed by atoms with Gasteiger partial charge in [-0.15, -0.1) is 0 Å². The van der Waals surface area contributed by atoms with Gasteiger partial charge in [-0.05, 0) is 12.1 Å². The quantitative estimate of drug-likeness (QED) is 0.822. The number of nitrogens with one attached hydrogen (secondary N) is 2. The van der Waals surface area contributed by atoms with E-state index in [1.807, 2.05) is 6.07 Å². The molecule has 7 heteroatoms. The summed E-state index contributed by atoms with van der Waals surface area (Å²) in [5, 5.41) is 3.15. The molecule has 1 aromatic rings. The fourth-order valence-corrected chi connectivity index (χ4v) is 2.17. The van der Waals surface area contributed by atoms with Gasteiger partial charge >= 0.3 is 10.2 Å². The average Bonchev–Trinajstić information content (AvgIpc) is 2.82. The van der Waals surface area contributed by atoms with E-state index >= 15 is 0 Å². The Balaban J connectivity index is 2.23. The van der Waals surface area contributed by atoms with Crippen molar-refractivity contribution < 1.29 is 8.42 Å². The van der Waals surface area contributed by atoms with E-state index in [1.54, 1.807) is 18.2 Å². The van der Waals surface area contributed by atoms with E-state index in [9.17, 15) is 8.42 Å². The van der Waals surface area contributed by atoms with Gasteiger partial charge in [-0.1, -0.05) is 12.1 Å². The lowest BCUT2D eigenvalue weighted by molar-refractivity contribution is 0.527. The van der Waals surface area contributed by atoms with Crippen LogP contribution in [0.25, 0.3) is 0 Å². The fraction of sp³-hybridized carbons (Fsp3) is 0.364. The highest BCUT2D eigenvalue weighted by atomic mass is 32.2. The number of rotatable bonds is 4. The van der Waals surface area contributed by atoms with Crippen molar-refractivity contribution in [2.75, 3.05) is 31.9 Å². The van der Waals surface area contributed by atoms with Gasteiger partial charge in [0.25, 0.3) is 0 Å². The van der Waals surface area contributed by atoms with Crippen LogP contribution in [0.2, 0.25) is 0 Å². The van der Waals surface area contributed by atoms with Crippen molar-refractivity contribution in [3.8, 4) is 0 Å². The summed E-state index contributed by atoms with van der Waals surface area (Å²) in [5.41, 5.74) is 1.41. The first-order chi connectivity index (χ1) is 8.49. The summed E-state index contributed by atoms with van der Waals surface area (Å²) in [6, 6.07) is 7.16. The van der Waals surface area contributed by atoms with Crippen molar-refractivity contribution in [1.29, 1.82) is 0 Å². The largest absolute Gasteiger partial charge is 0.368 e. The third-order valence-corrected chi connectivity index (χ3v) is 3.99. The van der Waals surface area contributed by atoms with Crippen LogP contribution in [0.15, 0.2) is 29.3 Å². The second-order valence-electron chi connectivity index (χ2n) is 4.13. The van der Waals surface area contributed by atoms with Gasteiger partial charge in [-0.25, -0.2) is 0 Å². The number of amidine groups is 1. The Bertz CT molecular complexity index is 566. The molecule has 0 radical (unpaired) electrons. The zero-order chi connectivity index (χ0) is 13.2. The molecule has 2 rings (SSSR count). The predicted octanol–water partition coefficient (Wildman–Crippen LogP) is 0.255. The molecule has 0 spiro atoms. The number of hydrogen-bond acceptors (Lipinski definition) is 4. The number of anilines is 1. The third kappa shape index (κ3) is 2.80. The lowest BCUT2D eigenvalue weighted by Gasteiger charge is -2.14. The molecule has 1 aromatic carbocycles. The van der Waals surface area contributed by atoms with E-state index in [-0.39, 0.29) is 0 Å². The molecule has 0 saturated heterocycles. The van der Waals surface area contributed by atoms with Gasteiger partial charge in [-0.3, -0.25) is 9.71 Å². The van der Waals surface area contributed by atoms with Crippen LogP contribution in [-0.2, 0) is 10.2 Å². The van der Waals surface area contributed by atoms with E-state index in [0.717, 1.165) is 28.8 Å². The molecule has 1 aliphatic rings. The SMILES string of the molecule is CN(C)S(=O)(=O)Nc1cccc(C2=NCCN2)c1. The molecule has 1 aliphatic heterocycles. The Hall–Kier alpha value is -1.60. The maximum atomic E-state index is 11.7. The zero-order valence-corrected chi connectivity index (χ0v) is 11.2. The topological polar surface area (TPSA) is 73.8 Å². The first-order valence-corrected chi connectivity index (χ1v) is 7.02. The van der Waals surface area contributed by atoms with Crippen molar-refractivity contribution in [3.63, 3.8) is 0 Å². The zero-order valence-electron chi connectivity index (χ0n) is 10.3. The monoisotopic (exact) mass is 268 g/mol. The van der Waals surface area contributed by atoms with Crippen LogP contribution in [0, 0.1) is 0 Å². The molecule has 18 heavy (non-hydrogen) atoms. The van der Waals surface area contributed by atoms with Gasteiger partial charge in [0.15, 0.2) is 0 Å². The maximum absolute atomic E-state index is 11.7. The van der Waals surface area contributed by atoms with Crippen LogP contribution in [0.4, 0.5) is 5.69 Å². The molecule has 0 saturated carbocycles. The number of aliphatic imine (C=N–C) groups is 1.